The lowest BCUT2D eigenvalue weighted by molar-refractivity contribution is -0.205. The SMILES string of the molecule is CCOC(=O)NC(Nc1sc(C)c(CC)c1C#N)(C(=O)OCC)C(F)(F)F. The summed E-state index contributed by atoms with van der Waals surface area (Å²) in [5.74, 6) is -1.77. The summed E-state index contributed by atoms with van der Waals surface area (Å²) in [4.78, 5) is 24.6. The van der Waals surface area contributed by atoms with Gasteiger partial charge < -0.3 is 14.8 Å². The third kappa shape index (κ3) is 4.63. The zero-order valence-electron chi connectivity index (χ0n) is 15.2. The molecule has 0 saturated heterocycles. The zero-order chi connectivity index (χ0) is 20.8. The molecule has 1 unspecified atom stereocenters. The minimum atomic E-state index is -5.29. The number of hydrogen-bond donors (Lipinski definition) is 2. The quantitative estimate of drug-likeness (QED) is 0.530. The van der Waals surface area contributed by atoms with E-state index in [1.165, 1.54) is 19.2 Å². The Morgan fingerprint density at radius 2 is 1.78 bits per heavy atom. The van der Waals surface area contributed by atoms with E-state index >= 15 is 0 Å². The van der Waals surface area contributed by atoms with Gasteiger partial charge in [0.25, 0.3) is 0 Å². The number of thiophene rings is 1. The first-order valence-corrected chi connectivity index (χ1v) is 8.88. The van der Waals surface area contributed by atoms with Gasteiger partial charge in [-0.25, -0.2) is 9.59 Å². The number of nitrogens with zero attached hydrogens (tertiary/aromatic N) is 1. The zero-order valence-corrected chi connectivity index (χ0v) is 16.1. The van der Waals surface area contributed by atoms with E-state index in [-0.39, 0.29) is 23.8 Å². The maximum absolute atomic E-state index is 13.9. The Hall–Kier alpha value is -2.48. The van der Waals surface area contributed by atoms with E-state index in [4.69, 9.17) is 0 Å². The molecule has 0 aromatic carbocycles. The Balaban J connectivity index is 3.55. The first kappa shape index (κ1) is 22.6. The lowest BCUT2D eigenvalue weighted by Crippen LogP contribution is -2.69. The Morgan fingerprint density at radius 1 is 1.19 bits per heavy atom. The van der Waals surface area contributed by atoms with Crippen LogP contribution in [0.15, 0.2) is 0 Å². The Labute approximate surface area is 158 Å². The highest BCUT2D eigenvalue weighted by Crippen LogP contribution is 2.39. The highest BCUT2D eigenvalue weighted by Gasteiger charge is 2.64. The predicted molar refractivity (Wildman–Crippen MR) is 92.3 cm³/mol. The van der Waals surface area contributed by atoms with Gasteiger partial charge in [-0.05, 0) is 32.8 Å². The largest absolute Gasteiger partial charge is 0.463 e. The molecule has 150 valence electrons. The molecule has 1 amide bonds. The smallest absolute Gasteiger partial charge is 0.442 e. The van der Waals surface area contributed by atoms with Crippen LogP contribution >= 0.6 is 11.3 Å². The molecule has 0 bridgehead atoms. The van der Waals surface area contributed by atoms with Gasteiger partial charge in [0.2, 0.25) is 0 Å². The topological polar surface area (TPSA) is 100 Å². The van der Waals surface area contributed by atoms with Crippen molar-refractivity contribution >= 4 is 28.4 Å². The minimum absolute atomic E-state index is 0.0245. The molecule has 0 radical (unpaired) electrons. The molecule has 1 rings (SSSR count). The third-order valence-electron chi connectivity index (χ3n) is 3.55. The normalized spacial score (nSPS) is 13.3. The Kier molecular flexibility index (Phi) is 7.47. The van der Waals surface area contributed by atoms with Crippen molar-refractivity contribution in [1.29, 1.82) is 5.26 Å². The molecule has 0 aliphatic carbocycles. The number of carbonyl (C=O) groups excluding carboxylic acids is 2. The molecule has 1 atom stereocenters. The number of aryl methyl sites for hydroxylation is 1. The van der Waals surface area contributed by atoms with Crippen LogP contribution in [0.2, 0.25) is 0 Å². The van der Waals surface area contributed by atoms with Crippen molar-refractivity contribution in [2.24, 2.45) is 0 Å². The number of alkyl halides is 3. The van der Waals surface area contributed by atoms with Gasteiger partial charge in [0.15, 0.2) is 0 Å². The van der Waals surface area contributed by atoms with Crippen LogP contribution < -0.4 is 10.6 Å². The number of ether oxygens (including phenoxy) is 2. The molecule has 27 heavy (non-hydrogen) atoms. The minimum Gasteiger partial charge on any atom is -0.463 e. The van der Waals surface area contributed by atoms with Crippen molar-refractivity contribution < 1.29 is 32.2 Å². The molecule has 0 fully saturated rings. The first-order chi connectivity index (χ1) is 12.6. The van der Waals surface area contributed by atoms with E-state index < -0.39 is 23.9 Å². The summed E-state index contributed by atoms with van der Waals surface area (Å²) in [5, 5.41) is 12.7. The highest BCUT2D eigenvalue weighted by atomic mass is 32.1. The molecule has 0 saturated carbocycles. The number of rotatable bonds is 7. The maximum atomic E-state index is 13.9. The number of anilines is 1. The van der Waals surface area contributed by atoms with Gasteiger partial charge in [-0.3, -0.25) is 5.32 Å². The van der Waals surface area contributed by atoms with Crippen molar-refractivity contribution in [3.63, 3.8) is 0 Å². The van der Waals surface area contributed by atoms with Crippen LogP contribution in [0.3, 0.4) is 0 Å². The fraction of sp³-hybridized carbons (Fsp3) is 0.562. The van der Waals surface area contributed by atoms with Gasteiger partial charge in [-0.2, -0.15) is 18.4 Å². The number of halogens is 3. The molecule has 7 nitrogen and oxygen atoms in total. The number of amides is 1. The second-order valence-electron chi connectivity index (χ2n) is 5.24. The van der Waals surface area contributed by atoms with E-state index in [1.54, 1.807) is 13.8 Å². The van der Waals surface area contributed by atoms with Crippen molar-refractivity contribution in [1.82, 2.24) is 5.32 Å². The molecule has 0 aliphatic rings. The molecule has 1 aromatic heterocycles. The standard InChI is InChI=1S/C16H20F3N3O4S/c1-5-10-9(4)27-12(11(10)8-20)21-15(16(17,18)19,13(23)25-6-2)22-14(24)26-7-3/h21H,5-7H2,1-4H3,(H,22,24). The van der Waals surface area contributed by atoms with E-state index in [0.29, 0.717) is 16.9 Å². The summed E-state index contributed by atoms with van der Waals surface area (Å²) >= 11 is 0.876. The van der Waals surface area contributed by atoms with Gasteiger partial charge in [-0.1, -0.05) is 6.92 Å². The maximum Gasteiger partial charge on any atom is 0.442 e. The van der Waals surface area contributed by atoms with Gasteiger partial charge in [-0.15, -0.1) is 11.3 Å². The van der Waals surface area contributed by atoms with Crippen molar-refractivity contribution in [2.45, 2.75) is 46.0 Å². The van der Waals surface area contributed by atoms with E-state index in [0.717, 1.165) is 11.3 Å². The number of esters is 1. The van der Waals surface area contributed by atoms with E-state index in [2.05, 4.69) is 9.47 Å². The fourth-order valence-corrected chi connectivity index (χ4v) is 3.48. The summed E-state index contributed by atoms with van der Waals surface area (Å²) in [7, 11) is 0. The average Bonchev–Trinajstić information content (AvgIpc) is 2.87. The van der Waals surface area contributed by atoms with Crippen LogP contribution in [0.4, 0.5) is 23.0 Å². The molecule has 2 N–H and O–H groups in total. The summed E-state index contributed by atoms with van der Waals surface area (Å²) in [5.41, 5.74) is -3.08. The summed E-state index contributed by atoms with van der Waals surface area (Å²) in [6.45, 7) is 5.57. The lowest BCUT2D eigenvalue weighted by atomic mass is 10.1. The van der Waals surface area contributed by atoms with Crippen LogP contribution in [-0.4, -0.2) is 37.1 Å². The molecular weight excluding hydrogens is 387 g/mol. The summed E-state index contributed by atoms with van der Waals surface area (Å²) < 4.78 is 50.9. The Bertz CT molecular complexity index is 742. The number of nitrogens with one attached hydrogen (secondary N) is 2. The third-order valence-corrected chi connectivity index (χ3v) is 4.61. The molecule has 0 aliphatic heterocycles. The van der Waals surface area contributed by atoms with Gasteiger partial charge in [0.1, 0.15) is 11.1 Å². The van der Waals surface area contributed by atoms with Crippen LogP contribution in [-0.2, 0) is 20.7 Å². The predicted octanol–water partition coefficient (Wildman–Crippen LogP) is 3.47. The van der Waals surface area contributed by atoms with Crippen molar-refractivity contribution in [3.05, 3.63) is 16.0 Å². The number of nitriles is 1. The Morgan fingerprint density at radius 3 is 2.22 bits per heavy atom. The molecular formula is C16H20F3N3O4S. The molecule has 1 heterocycles. The van der Waals surface area contributed by atoms with Gasteiger partial charge in [0, 0.05) is 4.88 Å². The highest BCUT2D eigenvalue weighted by molar-refractivity contribution is 7.16. The number of hydrogen-bond acceptors (Lipinski definition) is 7. The van der Waals surface area contributed by atoms with Gasteiger partial charge in [0.05, 0.1) is 18.8 Å². The second-order valence-corrected chi connectivity index (χ2v) is 6.47. The van der Waals surface area contributed by atoms with Crippen LogP contribution in [0.1, 0.15) is 36.8 Å². The second kappa shape index (κ2) is 8.94. The number of carbonyl (C=O) groups is 2. The van der Waals surface area contributed by atoms with Crippen LogP contribution in [0.5, 0.6) is 0 Å². The molecule has 0 spiro atoms. The molecule has 11 heteroatoms. The van der Waals surface area contributed by atoms with Crippen LogP contribution in [0.25, 0.3) is 0 Å². The summed E-state index contributed by atoms with van der Waals surface area (Å²) in [6, 6.07) is 1.84. The van der Waals surface area contributed by atoms with Crippen molar-refractivity contribution in [2.75, 3.05) is 18.5 Å². The molecule has 1 aromatic rings. The van der Waals surface area contributed by atoms with E-state index in [1.807, 2.05) is 11.4 Å². The van der Waals surface area contributed by atoms with Crippen LogP contribution in [0, 0.1) is 18.3 Å². The van der Waals surface area contributed by atoms with Gasteiger partial charge >= 0.3 is 23.9 Å². The first-order valence-electron chi connectivity index (χ1n) is 8.07. The van der Waals surface area contributed by atoms with E-state index in [9.17, 15) is 28.0 Å². The van der Waals surface area contributed by atoms with Crippen molar-refractivity contribution in [3.8, 4) is 6.07 Å². The monoisotopic (exact) mass is 407 g/mol. The average molecular weight is 407 g/mol. The number of alkyl carbamates (subject to hydrolysis) is 1. The summed E-state index contributed by atoms with van der Waals surface area (Å²) in [6.07, 6.45) is -6.34. The fourth-order valence-electron chi connectivity index (χ4n) is 2.33. The lowest BCUT2D eigenvalue weighted by Gasteiger charge is -2.34.